The van der Waals surface area contributed by atoms with Gasteiger partial charge in [0, 0.05) is 62.7 Å². The van der Waals surface area contributed by atoms with Gasteiger partial charge in [0.15, 0.2) is 0 Å². The minimum absolute atomic E-state index is 0.117. The summed E-state index contributed by atoms with van der Waals surface area (Å²) in [6.07, 6.45) is 0.0948. The van der Waals surface area contributed by atoms with Crippen molar-refractivity contribution in [1.82, 2.24) is 14.7 Å². The van der Waals surface area contributed by atoms with E-state index < -0.39 is 11.7 Å². The zero-order valence-corrected chi connectivity index (χ0v) is 23.0. The molecule has 0 unspecified atom stereocenters. The number of fused-ring (bicyclic) bond motifs is 2. The molecule has 4 aliphatic heterocycles. The normalized spacial score (nSPS) is 25.4. The number of rotatable bonds is 5. The summed E-state index contributed by atoms with van der Waals surface area (Å²) in [5.74, 6) is -0.207. The Morgan fingerprint density at radius 2 is 1.88 bits per heavy atom. The summed E-state index contributed by atoms with van der Waals surface area (Å²) < 4.78 is 51.4. The van der Waals surface area contributed by atoms with Crippen LogP contribution in [0.3, 0.4) is 0 Å². The van der Waals surface area contributed by atoms with Gasteiger partial charge in [-0.25, -0.2) is 4.99 Å². The number of halogens is 3. The molecular weight excluding hydrogens is 523 g/mol. The fourth-order valence-corrected chi connectivity index (χ4v) is 6.44. The molecule has 0 spiro atoms. The Morgan fingerprint density at radius 1 is 1.10 bits per heavy atom. The van der Waals surface area contributed by atoms with Gasteiger partial charge >= 0.3 is 6.18 Å². The van der Waals surface area contributed by atoms with Gasteiger partial charge in [0.1, 0.15) is 5.70 Å². The number of allylic oxidation sites excluding steroid dienone is 1. The second-order valence-electron chi connectivity index (χ2n) is 11.0. The summed E-state index contributed by atoms with van der Waals surface area (Å²) in [6.45, 7) is 11.0. The number of ether oxygens (including phenoxy) is 2. The van der Waals surface area contributed by atoms with Crippen LogP contribution < -0.4 is 5.73 Å². The second kappa shape index (κ2) is 11.9. The number of aliphatic imine (C=N–C) groups is 1. The summed E-state index contributed by atoms with van der Waals surface area (Å²) in [5, 5.41) is 0. The molecule has 218 valence electrons. The molecule has 40 heavy (non-hydrogen) atoms. The topological polar surface area (TPSA) is 83.6 Å². The highest BCUT2D eigenvalue weighted by Crippen LogP contribution is 2.34. The zero-order chi connectivity index (χ0) is 28.4. The molecule has 5 rings (SSSR count). The molecule has 0 saturated carbocycles. The van der Waals surface area contributed by atoms with Crippen LogP contribution in [0.25, 0.3) is 0 Å². The van der Waals surface area contributed by atoms with E-state index in [-0.39, 0.29) is 24.3 Å². The van der Waals surface area contributed by atoms with Crippen LogP contribution in [-0.4, -0.2) is 91.1 Å². The van der Waals surface area contributed by atoms with Crippen LogP contribution in [0, 0.1) is 0 Å². The van der Waals surface area contributed by atoms with Crippen molar-refractivity contribution in [2.24, 2.45) is 10.7 Å². The van der Waals surface area contributed by atoms with Crippen molar-refractivity contribution in [3.63, 3.8) is 0 Å². The van der Waals surface area contributed by atoms with Crippen LogP contribution in [0.15, 0.2) is 46.7 Å². The van der Waals surface area contributed by atoms with Gasteiger partial charge in [-0.2, -0.15) is 13.2 Å². The van der Waals surface area contributed by atoms with Crippen molar-refractivity contribution in [2.45, 2.75) is 63.5 Å². The third-order valence-electron chi connectivity index (χ3n) is 8.72. The average molecular weight is 562 g/mol. The number of nitrogens with two attached hydrogens (primary N) is 1. The summed E-state index contributed by atoms with van der Waals surface area (Å²) in [5.41, 5.74) is 7.83. The zero-order valence-electron chi connectivity index (χ0n) is 23.0. The summed E-state index contributed by atoms with van der Waals surface area (Å²) in [7, 11) is 0. The van der Waals surface area contributed by atoms with Gasteiger partial charge in [-0.05, 0) is 55.9 Å². The Morgan fingerprint density at radius 3 is 2.60 bits per heavy atom. The molecule has 4 aliphatic rings. The van der Waals surface area contributed by atoms with Crippen molar-refractivity contribution in [3.05, 3.63) is 58.4 Å². The number of morpholine rings is 1. The van der Waals surface area contributed by atoms with Gasteiger partial charge in [0.2, 0.25) is 0 Å². The molecule has 3 fully saturated rings. The highest BCUT2D eigenvalue weighted by atomic mass is 19.4. The van der Waals surface area contributed by atoms with E-state index in [4.69, 9.17) is 15.2 Å². The van der Waals surface area contributed by atoms with Crippen LogP contribution in [0.1, 0.15) is 42.9 Å². The Labute approximate surface area is 233 Å². The van der Waals surface area contributed by atoms with Gasteiger partial charge in [0.05, 0.1) is 31.2 Å². The summed E-state index contributed by atoms with van der Waals surface area (Å²) in [6, 6.07) is 4.64. The maximum Gasteiger partial charge on any atom is 0.416 e. The number of hydrogen-bond acceptors (Lipinski definition) is 6. The quantitative estimate of drug-likeness (QED) is 0.257. The van der Waals surface area contributed by atoms with Gasteiger partial charge in [-0.1, -0.05) is 12.6 Å². The first kappa shape index (κ1) is 28.6. The van der Waals surface area contributed by atoms with E-state index in [0.29, 0.717) is 68.2 Å². The number of nitrogens with zero attached hydrogens (tertiary/aromatic N) is 4. The maximum atomic E-state index is 13.6. The minimum atomic E-state index is -4.40. The molecule has 3 saturated heterocycles. The number of amides is 1. The van der Waals surface area contributed by atoms with Gasteiger partial charge < -0.3 is 25.0 Å². The third-order valence-corrected chi connectivity index (χ3v) is 8.72. The SMILES string of the molecule is C=C(/C(C)=C(\N=C/N)C(=O)N1CCC(N2CCO[C@H]3COCC[C@H]32)CC1)N1CCc2ccc(C(F)(F)F)cc2C1. The van der Waals surface area contributed by atoms with Gasteiger partial charge in [-0.3, -0.25) is 9.69 Å². The highest BCUT2D eigenvalue weighted by Gasteiger charge is 2.40. The fourth-order valence-electron chi connectivity index (χ4n) is 6.44. The fraction of sp³-hybridized carbons (Fsp3) is 0.586. The molecule has 1 amide bonds. The number of alkyl halides is 3. The minimum Gasteiger partial charge on any atom is -0.390 e. The van der Waals surface area contributed by atoms with Crippen molar-refractivity contribution < 1.29 is 27.4 Å². The molecule has 2 N–H and O–H groups in total. The van der Waals surface area contributed by atoms with Crippen molar-refractivity contribution in [1.29, 1.82) is 0 Å². The Bertz CT molecular complexity index is 1170. The lowest BCUT2D eigenvalue weighted by Gasteiger charge is -2.49. The van der Waals surface area contributed by atoms with Crippen LogP contribution in [0.4, 0.5) is 13.2 Å². The van der Waals surface area contributed by atoms with E-state index in [9.17, 15) is 18.0 Å². The molecule has 11 heteroatoms. The largest absolute Gasteiger partial charge is 0.416 e. The molecular formula is C29H38F3N5O3. The number of benzene rings is 1. The van der Waals surface area contributed by atoms with E-state index in [2.05, 4.69) is 16.5 Å². The van der Waals surface area contributed by atoms with Crippen LogP contribution >= 0.6 is 0 Å². The van der Waals surface area contributed by atoms with Crippen molar-refractivity contribution in [3.8, 4) is 0 Å². The highest BCUT2D eigenvalue weighted by molar-refractivity contribution is 5.95. The Kier molecular flexibility index (Phi) is 8.53. The predicted molar refractivity (Wildman–Crippen MR) is 145 cm³/mol. The van der Waals surface area contributed by atoms with E-state index in [1.165, 1.54) is 6.07 Å². The lowest BCUT2D eigenvalue weighted by molar-refractivity contribution is -0.151. The number of piperidine rings is 1. The number of likely N-dealkylation sites (tertiary alicyclic amines) is 1. The molecule has 4 heterocycles. The lowest BCUT2D eigenvalue weighted by Crippen LogP contribution is -2.60. The summed E-state index contributed by atoms with van der Waals surface area (Å²) in [4.78, 5) is 24.2. The molecule has 2 atom stereocenters. The standard InChI is InChI=1S/C29H38F3N5O3/c1-19(20(2)36-9-5-21-3-4-23(29(30,31)32)15-22(21)16-36)27(34-18-33)28(38)35-10-6-24(7-11-35)37-12-14-40-26-17-39-13-8-25(26)37/h3-4,15,18,24-26H,2,5-14,16-17H2,1H3,(H2,33,34)/b27-19-/t25-,26+/m1/s1. The molecule has 0 aliphatic carbocycles. The molecule has 0 aromatic heterocycles. The van der Waals surface area contributed by atoms with E-state index >= 15 is 0 Å². The van der Waals surface area contributed by atoms with E-state index in [1.807, 2.05) is 9.80 Å². The lowest BCUT2D eigenvalue weighted by atomic mass is 9.95. The summed E-state index contributed by atoms with van der Waals surface area (Å²) >= 11 is 0. The van der Waals surface area contributed by atoms with E-state index in [1.54, 1.807) is 13.0 Å². The molecule has 0 radical (unpaired) electrons. The van der Waals surface area contributed by atoms with Crippen LogP contribution in [0.5, 0.6) is 0 Å². The smallest absolute Gasteiger partial charge is 0.390 e. The Balaban J connectivity index is 1.26. The average Bonchev–Trinajstić information content (AvgIpc) is 2.97. The molecule has 0 bridgehead atoms. The second-order valence-corrected chi connectivity index (χ2v) is 11.0. The van der Waals surface area contributed by atoms with Crippen LogP contribution in [-0.2, 0) is 33.4 Å². The number of hydrogen-bond donors (Lipinski definition) is 1. The predicted octanol–water partition coefficient (Wildman–Crippen LogP) is 3.32. The first-order chi connectivity index (χ1) is 19.2. The first-order valence-corrected chi connectivity index (χ1v) is 14.0. The number of carbonyl (C=O) groups is 1. The van der Waals surface area contributed by atoms with Crippen LogP contribution in [0.2, 0.25) is 0 Å². The maximum absolute atomic E-state index is 13.6. The molecule has 1 aromatic rings. The molecule has 1 aromatic carbocycles. The Hall–Kier alpha value is -2.89. The molecule has 8 nitrogen and oxygen atoms in total. The van der Waals surface area contributed by atoms with Crippen molar-refractivity contribution in [2.75, 3.05) is 46.0 Å². The third kappa shape index (κ3) is 5.91. The van der Waals surface area contributed by atoms with Gasteiger partial charge in [-0.15, -0.1) is 0 Å². The van der Waals surface area contributed by atoms with Crippen molar-refractivity contribution >= 4 is 12.2 Å². The van der Waals surface area contributed by atoms with Gasteiger partial charge in [0.25, 0.3) is 5.91 Å². The monoisotopic (exact) mass is 561 g/mol. The van der Waals surface area contributed by atoms with E-state index in [0.717, 1.165) is 50.4 Å². The first-order valence-electron chi connectivity index (χ1n) is 14.0. The number of carbonyl (C=O) groups excluding carboxylic acids is 1.